The fraction of sp³-hybridized carbons (Fsp3) is 0.533. The molecule has 2 aliphatic heterocycles. The van der Waals surface area contributed by atoms with Crippen LogP contribution in [0.1, 0.15) is 29.6 Å². The van der Waals surface area contributed by atoms with Gasteiger partial charge in [0, 0.05) is 30.4 Å². The molecule has 2 heterocycles. The van der Waals surface area contributed by atoms with Crippen molar-refractivity contribution >= 4 is 12.0 Å². The maximum atomic E-state index is 13.5. The Kier molecular flexibility index (Phi) is 3.51. The minimum absolute atomic E-state index is 0.329. The van der Waals surface area contributed by atoms with Crippen LogP contribution in [0.15, 0.2) is 18.2 Å². The largest absolute Gasteiger partial charge is 0.370 e. The van der Waals surface area contributed by atoms with Crippen molar-refractivity contribution in [2.75, 3.05) is 31.1 Å². The van der Waals surface area contributed by atoms with Crippen LogP contribution in [0.4, 0.5) is 10.1 Å². The highest BCUT2D eigenvalue weighted by molar-refractivity contribution is 5.77. The highest BCUT2D eigenvalue weighted by Gasteiger charge is 2.29. The first-order valence-corrected chi connectivity index (χ1v) is 7.01. The van der Waals surface area contributed by atoms with Crippen LogP contribution in [0.25, 0.3) is 0 Å². The lowest BCUT2D eigenvalue weighted by Crippen LogP contribution is -2.35. The Morgan fingerprint density at radius 2 is 1.95 bits per heavy atom. The molecule has 4 heteroatoms. The van der Waals surface area contributed by atoms with E-state index in [1.807, 2.05) is 0 Å². The number of hydrogen-bond acceptors (Lipinski definition) is 3. The van der Waals surface area contributed by atoms with Crippen molar-refractivity contribution in [1.29, 1.82) is 0 Å². The highest BCUT2D eigenvalue weighted by atomic mass is 19.1. The molecule has 0 saturated carbocycles. The summed E-state index contributed by atoms with van der Waals surface area (Å²) < 4.78 is 13.5. The smallest absolute Gasteiger partial charge is 0.150 e. The van der Waals surface area contributed by atoms with Gasteiger partial charge in [-0.3, -0.25) is 9.69 Å². The van der Waals surface area contributed by atoms with E-state index in [0.29, 0.717) is 17.9 Å². The van der Waals surface area contributed by atoms with Crippen LogP contribution in [0.5, 0.6) is 0 Å². The Labute approximate surface area is 113 Å². The molecule has 1 aromatic rings. The second kappa shape index (κ2) is 5.29. The monoisotopic (exact) mass is 262 g/mol. The molecule has 3 rings (SSSR count). The number of aldehydes is 1. The van der Waals surface area contributed by atoms with Crippen molar-refractivity contribution in [2.24, 2.45) is 0 Å². The first kappa shape index (κ1) is 12.6. The number of carbonyl (C=O) groups excluding carboxylic acids is 1. The van der Waals surface area contributed by atoms with E-state index in [9.17, 15) is 9.18 Å². The molecule has 0 bridgehead atoms. The van der Waals surface area contributed by atoms with Gasteiger partial charge in [0.15, 0.2) is 0 Å². The molecule has 0 N–H and O–H groups in total. The summed E-state index contributed by atoms with van der Waals surface area (Å²) in [6.45, 7) is 4.28. The van der Waals surface area contributed by atoms with E-state index in [2.05, 4.69) is 9.80 Å². The lowest BCUT2D eigenvalue weighted by atomic mass is 10.2. The van der Waals surface area contributed by atoms with E-state index in [4.69, 9.17) is 0 Å². The van der Waals surface area contributed by atoms with Gasteiger partial charge in [-0.05, 0) is 50.6 Å². The Balaban J connectivity index is 1.73. The van der Waals surface area contributed by atoms with Crippen molar-refractivity contribution in [1.82, 2.24) is 4.90 Å². The molecule has 3 nitrogen and oxygen atoms in total. The number of hydrogen-bond donors (Lipinski definition) is 0. The fourth-order valence-corrected chi connectivity index (χ4v) is 3.23. The highest BCUT2D eigenvalue weighted by Crippen LogP contribution is 2.26. The first-order chi connectivity index (χ1) is 9.26. The van der Waals surface area contributed by atoms with Crippen LogP contribution in [-0.2, 0) is 0 Å². The second-order valence-corrected chi connectivity index (χ2v) is 5.49. The lowest BCUT2D eigenvalue weighted by Gasteiger charge is -2.24. The predicted molar refractivity (Wildman–Crippen MR) is 73.2 cm³/mol. The molecule has 19 heavy (non-hydrogen) atoms. The second-order valence-electron chi connectivity index (χ2n) is 5.49. The zero-order chi connectivity index (χ0) is 13.2. The van der Waals surface area contributed by atoms with Crippen molar-refractivity contribution in [2.45, 2.75) is 25.3 Å². The Bertz CT molecular complexity index is 471. The fourth-order valence-electron chi connectivity index (χ4n) is 3.23. The van der Waals surface area contributed by atoms with Gasteiger partial charge in [-0.25, -0.2) is 4.39 Å². The molecule has 2 saturated heterocycles. The van der Waals surface area contributed by atoms with Crippen molar-refractivity contribution in [3.05, 3.63) is 29.6 Å². The number of anilines is 1. The molecule has 0 aliphatic carbocycles. The van der Waals surface area contributed by atoms with Crippen molar-refractivity contribution < 1.29 is 9.18 Å². The molecular weight excluding hydrogens is 243 g/mol. The van der Waals surface area contributed by atoms with Crippen LogP contribution >= 0.6 is 0 Å². The van der Waals surface area contributed by atoms with Gasteiger partial charge in [0.2, 0.25) is 0 Å². The third-order valence-corrected chi connectivity index (χ3v) is 4.23. The summed E-state index contributed by atoms with van der Waals surface area (Å²) in [7, 11) is 0. The number of rotatable bonds is 3. The average molecular weight is 262 g/mol. The van der Waals surface area contributed by atoms with Gasteiger partial charge in [0.1, 0.15) is 12.1 Å². The standard InChI is InChI=1S/C15H19FN2O/c16-13-7-12(11-19)8-15(9-13)18-6-3-14(10-18)17-4-1-2-5-17/h7-9,11,14H,1-6,10H2. The van der Waals surface area contributed by atoms with Crippen molar-refractivity contribution in [3.63, 3.8) is 0 Å². The molecular formula is C15H19FN2O. The van der Waals surface area contributed by atoms with Gasteiger partial charge >= 0.3 is 0 Å². The van der Waals surface area contributed by atoms with Gasteiger partial charge in [0.25, 0.3) is 0 Å². The average Bonchev–Trinajstić information content (AvgIpc) is 3.08. The van der Waals surface area contributed by atoms with Gasteiger partial charge in [-0.1, -0.05) is 0 Å². The zero-order valence-corrected chi connectivity index (χ0v) is 11.0. The normalized spacial score (nSPS) is 24.1. The van der Waals surface area contributed by atoms with Crippen LogP contribution in [0.2, 0.25) is 0 Å². The minimum Gasteiger partial charge on any atom is -0.370 e. The van der Waals surface area contributed by atoms with Crippen LogP contribution in [-0.4, -0.2) is 43.4 Å². The molecule has 0 aromatic heterocycles. The van der Waals surface area contributed by atoms with Gasteiger partial charge in [0.05, 0.1) is 0 Å². The molecule has 0 amide bonds. The number of nitrogens with zero attached hydrogens (tertiary/aromatic N) is 2. The summed E-state index contributed by atoms with van der Waals surface area (Å²) in [5.74, 6) is -0.329. The maximum Gasteiger partial charge on any atom is 0.150 e. The molecule has 102 valence electrons. The third-order valence-electron chi connectivity index (χ3n) is 4.23. The topological polar surface area (TPSA) is 23.6 Å². The van der Waals surface area contributed by atoms with E-state index in [1.54, 1.807) is 6.07 Å². The SMILES string of the molecule is O=Cc1cc(F)cc(N2CCC(N3CCCC3)C2)c1. The summed E-state index contributed by atoms with van der Waals surface area (Å²) in [6, 6.07) is 5.18. The molecule has 2 fully saturated rings. The lowest BCUT2D eigenvalue weighted by molar-refractivity contribution is 0.112. The van der Waals surface area contributed by atoms with Gasteiger partial charge < -0.3 is 4.90 Å². The third kappa shape index (κ3) is 2.63. The summed E-state index contributed by atoms with van der Waals surface area (Å²) in [5, 5.41) is 0. The molecule has 1 atom stereocenters. The van der Waals surface area contributed by atoms with E-state index in [1.165, 1.54) is 38.1 Å². The quantitative estimate of drug-likeness (QED) is 0.781. The summed E-state index contributed by atoms with van der Waals surface area (Å²) in [4.78, 5) is 15.5. The Hall–Kier alpha value is -1.42. The summed E-state index contributed by atoms with van der Waals surface area (Å²) in [6.07, 6.45) is 4.44. The zero-order valence-electron chi connectivity index (χ0n) is 11.0. The van der Waals surface area contributed by atoms with Crippen LogP contribution in [0, 0.1) is 5.82 Å². The van der Waals surface area contributed by atoms with Crippen LogP contribution in [0.3, 0.4) is 0 Å². The van der Waals surface area contributed by atoms with Gasteiger partial charge in [-0.2, -0.15) is 0 Å². The van der Waals surface area contributed by atoms with Crippen molar-refractivity contribution in [3.8, 4) is 0 Å². The summed E-state index contributed by atoms with van der Waals surface area (Å²) >= 11 is 0. The number of likely N-dealkylation sites (tertiary alicyclic amines) is 1. The molecule has 1 aromatic carbocycles. The Morgan fingerprint density at radius 1 is 1.16 bits per heavy atom. The van der Waals surface area contributed by atoms with Gasteiger partial charge in [-0.15, -0.1) is 0 Å². The number of carbonyl (C=O) groups is 1. The van der Waals surface area contributed by atoms with E-state index in [-0.39, 0.29) is 5.82 Å². The molecule has 0 radical (unpaired) electrons. The number of halogens is 1. The van der Waals surface area contributed by atoms with Crippen LogP contribution < -0.4 is 4.90 Å². The number of benzene rings is 1. The Morgan fingerprint density at radius 3 is 2.68 bits per heavy atom. The summed E-state index contributed by atoms with van der Waals surface area (Å²) in [5.41, 5.74) is 1.25. The maximum absolute atomic E-state index is 13.5. The molecule has 0 spiro atoms. The molecule has 1 unspecified atom stereocenters. The first-order valence-electron chi connectivity index (χ1n) is 7.01. The minimum atomic E-state index is -0.329. The predicted octanol–water partition coefficient (Wildman–Crippen LogP) is 2.31. The van der Waals surface area contributed by atoms with E-state index < -0.39 is 0 Å². The molecule has 2 aliphatic rings. The van der Waals surface area contributed by atoms with E-state index >= 15 is 0 Å². The van der Waals surface area contributed by atoms with E-state index in [0.717, 1.165) is 25.2 Å².